The van der Waals surface area contributed by atoms with E-state index >= 15 is 0 Å². The molecule has 0 N–H and O–H groups in total. The number of rotatable bonds is 4. The largest absolute Gasteiger partial charge is 0.340 e. The van der Waals surface area contributed by atoms with Crippen molar-refractivity contribution in [2.75, 3.05) is 26.2 Å². The molecule has 22 heavy (non-hydrogen) atoms. The lowest BCUT2D eigenvalue weighted by molar-refractivity contribution is -0.132. The second kappa shape index (κ2) is 7.07. The molecule has 0 aliphatic carbocycles. The number of hydrogen-bond acceptors (Lipinski definition) is 3. The lowest BCUT2D eigenvalue weighted by Crippen LogP contribution is -2.48. The van der Waals surface area contributed by atoms with Crippen molar-refractivity contribution < 1.29 is 4.79 Å². The van der Waals surface area contributed by atoms with E-state index in [2.05, 4.69) is 53.6 Å². The third-order valence-electron chi connectivity index (χ3n) is 4.16. The van der Waals surface area contributed by atoms with Crippen molar-refractivity contribution in [3.05, 3.63) is 57.8 Å². The summed E-state index contributed by atoms with van der Waals surface area (Å²) in [7, 11) is 0. The van der Waals surface area contributed by atoms with Crippen LogP contribution in [-0.4, -0.2) is 41.9 Å². The maximum absolute atomic E-state index is 12.4. The van der Waals surface area contributed by atoms with Crippen LogP contribution in [0.25, 0.3) is 0 Å². The molecule has 116 valence electrons. The van der Waals surface area contributed by atoms with Crippen LogP contribution in [0.4, 0.5) is 0 Å². The smallest absolute Gasteiger partial charge is 0.227 e. The molecular weight excluding hydrogens is 292 g/mol. The summed E-state index contributed by atoms with van der Waals surface area (Å²) in [6, 6.07) is 12.5. The van der Waals surface area contributed by atoms with E-state index < -0.39 is 0 Å². The average molecular weight is 314 g/mol. The molecule has 1 aromatic heterocycles. The first-order valence-corrected chi connectivity index (χ1v) is 8.67. The molecule has 2 heterocycles. The Morgan fingerprint density at radius 3 is 2.45 bits per heavy atom. The van der Waals surface area contributed by atoms with Gasteiger partial charge in [0, 0.05) is 37.6 Å². The molecule has 3 nitrogen and oxygen atoms in total. The van der Waals surface area contributed by atoms with E-state index in [0.29, 0.717) is 6.42 Å². The number of thiophene rings is 1. The highest BCUT2D eigenvalue weighted by molar-refractivity contribution is 7.09. The number of benzene rings is 1. The fourth-order valence-electron chi connectivity index (χ4n) is 2.77. The molecule has 4 heteroatoms. The summed E-state index contributed by atoms with van der Waals surface area (Å²) in [4.78, 5) is 18.2. The Morgan fingerprint density at radius 1 is 1.09 bits per heavy atom. The summed E-state index contributed by atoms with van der Waals surface area (Å²) in [5.41, 5.74) is 2.34. The summed E-state index contributed by atoms with van der Waals surface area (Å²) in [6.45, 7) is 6.71. The molecule has 0 atom stereocenters. The van der Waals surface area contributed by atoms with Gasteiger partial charge in [0.15, 0.2) is 0 Å². The number of carbonyl (C=O) groups excluding carboxylic acids is 1. The van der Waals surface area contributed by atoms with Crippen molar-refractivity contribution in [3.8, 4) is 0 Å². The standard InChI is InChI=1S/C18H22N2OS/c1-15-4-6-16(7-5-15)13-18(21)20-10-8-19(9-11-20)14-17-3-2-12-22-17/h2-7,12H,8-11,13-14H2,1H3. The lowest BCUT2D eigenvalue weighted by atomic mass is 10.1. The molecule has 1 aromatic carbocycles. The fourth-order valence-corrected chi connectivity index (χ4v) is 3.52. The van der Waals surface area contributed by atoms with Gasteiger partial charge in [-0.2, -0.15) is 0 Å². The Hall–Kier alpha value is -1.65. The Morgan fingerprint density at radius 2 is 1.82 bits per heavy atom. The van der Waals surface area contributed by atoms with Gasteiger partial charge in [-0.3, -0.25) is 9.69 Å². The van der Waals surface area contributed by atoms with Gasteiger partial charge in [0.25, 0.3) is 0 Å². The maximum atomic E-state index is 12.4. The molecule has 1 saturated heterocycles. The van der Waals surface area contributed by atoms with E-state index in [1.165, 1.54) is 10.4 Å². The van der Waals surface area contributed by atoms with Crippen LogP contribution < -0.4 is 0 Å². The maximum Gasteiger partial charge on any atom is 0.227 e. The summed E-state index contributed by atoms with van der Waals surface area (Å²) in [5.74, 6) is 0.250. The topological polar surface area (TPSA) is 23.6 Å². The van der Waals surface area contributed by atoms with Gasteiger partial charge in [-0.05, 0) is 23.9 Å². The molecule has 2 aromatic rings. The first kappa shape index (κ1) is 15.3. The second-order valence-electron chi connectivity index (χ2n) is 5.90. The van der Waals surface area contributed by atoms with Gasteiger partial charge in [-0.15, -0.1) is 11.3 Å². The molecular formula is C18H22N2OS. The summed E-state index contributed by atoms with van der Waals surface area (Å²) in [5, 5.41) is 2.12. The SMILES string of the molecule is Cc1ccc(CC(=O)N2CCN(Cc3cccs3)CC2)cc1. The Balaban J connectivity index is 1.48. The first-order chi connectivity index (χ1) is 10.7. The minimum atomic E-state index is 0.250. The number of aryl methyl sites for hydroxylation is 1. The van der Waals surface area contributed by atoms with Crippen LogP contribution in [0.15, 0.2) is 41.8 Å². The average Bonchev–Trinajstić information content (AvgIpc) is 3.03. The lowest BCUT2D eigenvalue weighted by Gasteiger charge is -2.34. The minimum absolute atomic E-state index is 0.250. The van der Waals surface area contributed by atoms with E-state index in [4.69, 9.17) is 0 Å². The highest BCUT2D eigenvalue weighted by Gasteiger charge is 2.21. The highest BCUT2D eigenvalue weighted by atomic mass is 32.1. The summed E-state index contributed by atoms with van der Waals surface area (Å²) >= 11 is 1.80. The molecule has 0 unspecified atom stereocenters. The van der Waals surface area contributed by atoms with Crippen molar-refractivity contribution in [2.45, 2.75) is 19.9 Å². The Kier molecular flexibility index (Phi) is 4.90. The number of piperazine rings is 1. The number of nitrogens with zero attached hydrogens (tertiary/aromatic N) is 2. The highest BCUT2D eigenvalue weighted by Crippen LogP contribution is 2.14. The van der Waals surface area contributed by atoms with Crippen molar-refractivity contribution >= 4 is 17.2 Å². The molecule has 0 spiro atoms. The molecule has 1 aliphatic heterocycles. The van der Waals surface area contributed by atoms with Gasteiger partial charge in [0.1, 0.15) is 0 Å². The zero-order chi connectivity index (χ0) is 15.4. The Bertz CT molecular complexity index is 599. The van der Waals surface area contributed by atoms with Crippen LogP contribution in [0.5, 0.6) is 0 Å². The van der Waals surface area contributed by atoms with E-state index in [0.717, 1.165) is 38.3 Å². The van der Waals surface area contributed by atoms with Gasteiger partial charge >= 0.3 is 0 Å². The molecule has 3 rings (SSSR count). The van der Waals surface area contributed by atoms with Gasteiger partial charge in [0.05, 0.1) is 6.42 Å². The zero-order valence-electron chi connectivity index (χ0n) is 13.0. The Labute approximate surface area is 136 Å². The molecule has 0 saturated carbocycles. The quantitative estimate of drug-likeness (QED) is 0.866. The van der Waals surface area contributed by atoms with Crippen molar-refractivity contribution in [1.29, 1.82) is 0 Å². The van der Waals surface area contributed by atoms with Crippen LogP contribution in [0.2, 0.25) is 0 Å². The normalized spacial score (nSPS) is 16.0. The van der Waals surface area contributed by atoms with Crippen molar-refractivity contribution in [3.63, 3.8) is 0 Å². The van der Waals surface area contributed by atoms with E-state index in [-0.39, 0.29) is 5.91 Å². The van der Waals surface area contributed by atoms with Gasteiger partial charge in [-0.1, -0.05) is 35.9 Å². The van der Waals surface area contributed by atoms with Crippen molar-refractivity contribution in [1.82, 2.24) is 9.80 Å². The van der Waals surface area contributed by atoms with Crippen LogP contribution in [0, 0.1) is 6.92 Å². The van der Waals surface area contributed by atoms with Crippen LogP contribution in [0.1, 0.15) is 16.0 Å². The van der Waals surface area contributed by atoms with E-state index in [9.17, 15) is 4.79 Å². The third kappa shape index (κ3) is 3.96. The van der Waals surface area contributed by atoms with Crippen molar-refractivity contribution in [2.24, 2.45) is 0 Å². The second-order valence-corrected chi connectivity index (χ2v) is 6.93. The van der Waals surface area contributed by atoms with Gasteiger partial charge in [-0.25, -0.2) is 0 Å². The van der Waals surface area contributed by atoms with E-state index in [1.54, 1.807) is 11.3 Å². The first-order valence-electron chi connectivity index (χ1n) is 7.79. The fraction of sp³-hybridized carbons (Fsp3) is 0.389. The number of amides is 1. The molecule has 1 fully saturated rings. The predicted molar refractivity (Wildman–Crippen MR) is 91.1 cm³/mol. The van der Waals surface area contributed by atoms with E-state index in [1.807, 2.05) is 4.90 Å². The third-order valence-corrected chi connectivity index (χ3v) is 5.02. The van der Waals surface area contributed by atoms with Gasteiger partial charge in [0.2, 0.25) is 5.91 Å². The van der Waals surface area contributed by atoms with Gasteiger partial charge < -0.3 is 4.90 Å². The number of carbonyl (C=O) groups is 1. The molecule has 1 amide bonds. The molecule has 0 radical (unpaired) electrons. The number of hydrogen-bond donors (Lipinski definition) is 0. The summed E-state index contributed by atoms with van der Waals surface area (Å²) < 4.78 is 0. The minimum Gasteiger partial charge on any atom is -0.340 e. The monoisotopic (exact) mass is 314 g/mol. The predicted octanol–water partition coefficient (Wildman–Crippen LogP) is 2.94. The van der Waals surface area contributed by atoms with Crippen LogP contribution >= 0.6 is 11.3 Å². The zero-order valence-corrected chi connectivity index (χ0v) is 13.8. The van der Waals surface area contributed by atoms with Crippen LogP contribution in [0.3, 0.4) is 0 Å². The summed E-state index contributed by atoms with van der Waals surface area (Å²) in [6.07, 6.45) is 0.519. The molecule has 0 bridgehead atoms. The van der Waals surface area contributed by atoms with Crippen LogP contribution in [-0.2, 0) is 17.8 Å². The molecule has 1 aliphatic rings.